The molecule has 18 heavy (non-hydrogen) atoms. The van der Waals surface area contributed by atoms with Gasteiger partial charge in [-0.1, -0.05) is 13.8 Å². The maximum atomic E-state index is 12.0. The first-order chi connectivity index (χ1) is 8.56. The van der Waals surface area contributed by atoms with Crippen molar-refractivity contribution in [2.24, 2.45) is 17.8 Å². The minimum atomic E-state index is -0.182. The normalized spacial score (nSPS) is 35.1. The Labute approximate surface area is 111 Å². The minimum Gasteiger partial charge on any atom is -0.392 e. The van der Waals surface area contributed by atoms with Gasteiger partial charge in [-0.25, -0.2) is 0 Å². The standard InChI is InChI=1S/C15H27NO2/c1-11(2)12-5-6-15(18)13(8-12)9-16-7-3-4-14(17)10-16/h11-14,17H,3-10H2,1-2H3. The summed E-state index contributed by atoms with van der Waals surface area (Å²) in [6, 6.07) is 0. The van der Waals surface area contributed by atoms with E-state index in [2.05, 4.69) is 18.7 Å². The fourth-order valence-corrected chi connectivity index (χ4v) is 3.44. The number of Topliss-reactive ketones (excluding diaryl/α,β-unsaturated/α-hetero) is 1. The second kappa shape index (κ2) is 6.16. The Kier molecular flexibility index (Phi) is 4.79. The topological polar surface area (TPSA) is 40.5 Å². The van der Waals surface area contributed by atoms with Crippen LogP contribution in [0.25, 0.3) is 0 Å². The molecule has 1 saturated heterocycles. The molecule has 2 fully saturated rings. The first-order valence-electron chi connectivity index (χ1n) is 7.49. The smallest absolute Gasteiger partial charge is 0.137 e. The van der Waals surface area contributed by atoms with E-state index in [4.69, 9.17) is 0 Å². The summed E-state index contributed by atoms with van der Waals surface area (Å²) in [6.07, 6.45) is 4.71. The Morgan fingerprint density at radius 2 is 2.17 bits per heavy atom. The van der Waals surface area contributed by atoms with Gasteiger partial charge in [-0.3, -0.25) is 4.79 Å². The van der Waals surface area contributed by atoms with Gasteiger partial charge in [-0.05, 0) is 44.1 Å². The number of piperidine rings is 1. The van der Waals surface area contributed by atoms with E-state index >= 15 is 0 Å². The number of β-amino-alcohol motifs (C(OH)–C–C–N with tert-alkyl or cyclic N) is 1. The van der Waals surface area contributed by atoms with Crippen molar-refractivity contribution in [2.45, 2.75) is 52.1 Å². The molecule has 0 amide bonds. The zero-order valence-corrected chi connectivity index (χ0v) is 11.8. The van der Waals surface area contributed by atoms with E-state index in [1.807, 2.05) is 0 Å². The third-order valence-electron chi connectivity index (χ3n) is 4.71. The lowest BCUT2D eigenvalue weighted by molar-refractivity contribution is -0.127. The molecule has 1 N–H and O–H groups in total. The minimum absolute atomic E-state index is 0.182. The van der Waals surface area contributed by atoms with Crippen LogP contribution in [0, 0.1) is 17.8 Å². The van der Waals surface area contributed by atoms with Gasteiger partial charge in [0.05, 0.1) is 6.10 Å². The third kappa shape index (κ3) is 3.55. The average molecular weight is 253 g/mol. The third-order valence-corrected chi connectivity index (χ3v) is 4.71. The number of aliphatic hydroxyl groups is 1. The SMILES string of the molecule is CC(C)C1CCC(=O)C(CN2CCCC(O)C2)C1. The summed E-state index contributed by atoms with van der Waals surface area (Å²) >= 11 is 0. The van der Waals surface area contributed by atoms with Crippen LogP contribution < -0.4 is 0 Å². The summed E-state index contributed by atoms with van der Waals surface area (Å²) in [6.45, 7) is 7.22. The molecule has 0 radical (unpaired) electrons. The molecule has 3 atom stereocenters. The maximum Gasteiger partial charge on any atom is 0.137 e. The molecular formula is C15H27NO2. The molecule has 1 saturated carbocycles. The van der Waals surface area contributed by atoms with Crippen LogP contribution in [0.5, 0.6) is 0 Å². The van der Waals surface area contributed by atoms with Gasteiger partial charge in [0.25, 0.3) is 0 Å². The lowest BCUT2D eigenvalue weighted by Gasteiger charge is -2.36. The summed E-state index contributed by atoms with van der Waals surface area (Å²) in [5, 5.41) is 9.69. The van der Waals surface area contributed by atoms with E-state index in [9.17, 15) is 9.90 Å². The Balaban J connectivity index is 1.88. The van der Waals surface area contributed by atoms with Crippen molar-refractivity contribution >= 4 is 5.78 Å². The van der Waals surface area contributed by atoms with Gasteiger partial charge in [0, 0.05) is 25.4 Å². The molecule has 0 aromatic carbocycles. The highest BCUT2D eigenvalue weighted by Gasteiger charge is 2.32. The van der Waals surface area contributed by atoms with E-state index in [-0.39, 0.29) is 12.0 Å². The van der Waals surface area contributed by atoms with Crippen molar-refractivity contribution in [1.29, 1.82) is 0 Å². The molecule has 0 bridgehead atoms. The van der Waals surface area contributed by atoms with Crippen LogP contribution in [0.2, 0.25) is 0 Å². The lowest BCUT2D eigenvalue weighted by atomic mass is 9.75. The fraction of sp³-hybridized carbons (Fsp3) is 0.933. The zero-order valence-electron chi connectivity index (χ0n) is 11.8. The Bertz CT molecular complexity index is 290. The van der Waals surface area contributed by atoms with Gasteiger partial charge in [0.2, 0.25) is 0 Å². The Hall–Kier alpha value is -0.410. The van der Waals surface area contributed by atoms with E-state index in [0.29, 0.717) is 17.6 Å². The Morgan fingerprint density at radius 1 is 1.39 bits per heavy atom. The number of likely N-dealkylation sites (tertiary alicyclic amines) is 1. The van der Waals surface area contributed by atoms with E-state index in [0.717, 1.165) is 51.7 Å². The van der Waals surface area contributed by atoms with Crippen molar-refractivity contribution in [3.8, 4) is 0 Å². The molecule has 3 unspecified atom stereocenters. The van der Waals surface area contributed by atoms with E-state index in [1.54, 1.807) is 0 Å². The molecule has 0 aromatic heterocycles. The van der Waals surface area contributed by atoms with E-state index < -0.39 is 0 Å². The number of carbonyl (C=O) groups is 1. The molecule has 1 heterocycles. The number of aliphatic hydroxyl groups excluding tert-OH is 1. The Morgan fingerprint density at radius 3 is 2.83 bits per heavy atom. The molecular weight excluding hydrogens is 226 g/mol. The molecule has 3 nitrogen and oxygen atoms in total. The maximum absolute atomic E-state index is 12.0. The highest BCUT2D eigenvalue weighted by Crippen LogP contribution is 2.32. The van der Waals surface area contributed by atoms with Crippen LogP contribution in [0.15, 0.2) is 0 Å². The average Bonchev–Trinajstić information content (AvgIpc) is 2.31. The van der Waals surface area contributed by atoms with Gasteiger partial charge in [-0.15, -0.1) is 0 Å². The van der Waals surface area contributed by atoms with Crippen molar-refractivity contribution in [3.63, 3.8) is 0 Å². The van der Waals surface area contributed by atoms with Gasteiger partial charge in [-0.2, -0.15) is 0 Å². The molecule has 0 spiro atoms. The van der Waals surface area contributed by atoms with Crippen LogP contribution in [0.1, 0.15) is 46.0 Å². The van der Waals surface area contributed by atoms with Crippen LogP contribution in [-0.2, 0) is 4.79 Å². The lowest BCUT2D eigenvalue weighted by Crippen LogP contribution is -2.43. The summed E-state index contributed by atoms with van der Waals surface area (Å²) < 4.78 is 0. The van der Waals surface area contributed by atoms with Gasteiger partial charge in [0.1, 0.15) is 5.78 Å². The molecule has 0 aromatic rings. The fourth-order valence-electron chi connectivity index (χ4n) is 3.44. The summed E-state index contributed by atoms with van der Waals surface area (Å²) in [5.41, 5.74) is 0. The predicted molar refractivity (Wildman–Crippen MR) is 72.4 cm³/mol. The molecule has 1 aliphatic heterocycles. The first-order valence-corrected chi connectivity index (χ1v) is 7.49. The van der Waals surface area contributed by atoms with Crippen LogP contribution >= 0.6 is 0 Å². The molecule has 2 rings (SSSR count). The summed E-state index contributed by atoms with van der Waals surface area (Å²) in [4.78, 5) is 14.3. The number of nitrogens with zero attached hydrogens (tertiary/aromatic N) is 1. The summed E-state index contributed by atoms with van der Waals surface area (Å²) in [5.74, 6) is 2.07. The second-order valence-corrected chi connectivity index (χ2v) is 6.50. The predicted octanol–water partition coefficient (Wildman–Crippen LogP) is 2.08. The number of carbonyl (C=O) groups excluding carboxylic acids is 1. The van der Waals surface area contributed by atoms with Gasteiger partial charge in [0.15, 0.2) is 0 Å². The second-order valence-electron chi connectivity index (χ2n) is 6.50. The highest BCUT2D eigenvalue weighted by molar-refractivity contribution is 5.82. The van der Waals surface area contributed by atoms with Crippen molar-refractivity contribution < 1.29 is 9.90 Å². The first kappa shape index (κ1) is 14.0. The molecule has 1 aliphatic carbocycles. The zero-order chi connectivity index (χ0) is 13.1. The molecule has 3 heteroatoms. The largest absolute Gasteiger partial charge is 0.392 e. The highest BCUT2D eigenvalue weighted by atomic mass is 16.3. The van der Waals surface area contributed by atoms with Crippen LogP contribution in [0.3, 0.4) is 0 Å². The van der Waals surface area contributed by atoms with Crippen LogP contribution in [0.4, 0.5) is 0 Å². The quantitative estimate of drug-likeness (QED) is 0.837. The van der Waals surface area contributed by atoms with Gasteiger partial charge >= 0.3 is 0 Å². The number of hydrogen-bond donors (Lipinski definition) is 1. The monoisotopic (exact) mass is 253 g/mol. The number of ketones is 1. The molecule has 104 valence electrons. The molecule has 2 aliphatic rings. The number of hydrogen-bond acceptors (Lipinski definition) is 3. The van der Waals surface area contributed by atoms with Crippen molar-refractivity contribution in [1.82, 2.24) is 4.90 Å². The van der Waals surface area contributed by atoms with E-state index in [1.165, 1.54) is 0 Å². The summed E-state index contributed by atoms with van der Waals surface area (Å²) in [7, 11) is 0. The van der Waals surface area contributed by atoms with Crippen LogP contribution in [-0.4, -0.2) is 41.5 Å². The van der Waals surface area contributed by atoms with Gasteiger partial charge < -0.3 is 10.0 Å². The van der Waals surface area contributed by atoms with Crippen molar-refractivity contribution in [2.75, 3.05) is 19.6 Å². The number of rotatable bonds is 3. The van der Waals surface area contributed by atoms with Crippen molar-refractivity contribution in [3.05, 3.63) is 0 Å².